The summed E-state index contributed by atoms with van der Waals surface area (Å²) in [6.45, 7) is 8.25. The minimum absolute atomic E-state index is 0.635. The lowest BCUT2D eigenvalue weighted by Crippen LogP contribution is -2.05. The summed E-state index contributed by atoms with van der Waals surface area (Å²) in [5, 5.41) is 1.29. The lowest BCUT2D eigenvalue weighted by molar-refractivity contribution is 1.07. The van der Waals surface area contributed by atoms with Gasteiger partial charge < -0.3 is 11.5 Å². The fraction of sp³-hybridized carbons (Fsp3) is 0.368. The monoisotopic (exact) mass is 350 g/mol. The first kappa shape index (κ1) is 18.0. The second-order valence-corrected chi connectivity index (χ2v) is 6.73. The van der Waals surface area contributed by atoms with Crippen LogP contribution in [0, 0.1) is 13.8 Å². The van der Waals surface area contributed by atoms with Gasteiger partial charge in [-0.1, -0.05) is 49.2 Å². The molecule has 4 N–H and O–H groups in total. The van der Waals surface area contributed by atoms with E-state index in [1.807, 2.05) is 13.8 Å². The van der Waals surface area contributed by atoms with Gasteiger partial charge in [0.15, 0.2) is 0 Å². The Morgan fingerprint density at radius 3 is 1.39 bits per heavy atom. The van der Waals surface area contributed by atoms with E-state index in [-0.39, 0.29) is 0 Å². The second-order valence-electron chi connectivity index (χ2n) is 5.98. The van der Waals surface area contributed by atoms with E-state index in [0.717, 1.165) is 35.1 Å². The van der Waals surface area contributed by atoms with Gasteiger partial charge in [0, 0.05) is 6.42 Å². The summed E-state index contributed by atoms with van der Waals surface area (Å²) in [6, 6.07) is 4.27. The molecule has 0 bridgehead atoms. The van der Waals surface area contributed by atoms with Crippen molar-refractivity contribution in [1.29, 1.82) is 0 Å². The molecule has 0 aliphatic heterocycles. The van der Waals surface area contributed by atoms with Crippen LogP contribution in [0.3, 0.4) is 0 Å². The summed E-state index contributed by atoms with van der Waals surface area (Å²) in [6.07, 6.45) is 2.48. The zero-order chi connectivity index (χ0) is 17.3. The van der Waals surface area contributed by atoms with Gasteiger partial charge in [-0.15, -0.1) is 0 Å². The Kier molecular flexibility index (Phi) is 5.49. The largest absolute Gasteiger partial charge is 0.397 e. The summed E-state index contributed by atoms with van der Waals surface area (Å²) in [5.41, 5.74) is 20.3. The van der Waals surface area contributed by atoms with Crippen LogP contribution in [-0.2, 0) is 19.3 Å². The molecule has 0 radical (unpaired) electrons. The normalized spacial score (nSPS) is 11.0. The van der Waals surface area contributed by atoms with Crippen molar-refractivity contribution in [3.63, 3.8) is 0 Å². The molecular weight excluding hydrogens is 327 g/mol. The van der Waals surface area contributed by atoms with Gasteiger partial charge in [-0.2, -0.15) is 0 Å². The van der Waals surface area contributed by atoms with Crippen molar-refractivity contribution < 1.29 is 0 Å². The highest BCUT2D eigenvalue weighted by Gasteiger charge is 2.15. The van der Waals surface area contributed by atoms with Gasteiger partial charge in [0.25, 0.3) is 0 Å². The Labute approximate surface area is 148 Å². The Morgan fingerprint density at radius 1 is 0.739 bits per heavy atom. The zero-order valence-electron chi connectivity index (χ0n) is 14.2. The van der Waals surface area contributed by atoms with E-state index < -0.39 is 0 Å². The quantitative estimate of drug-likeness (QED) is 0.716. The minimum Gasteiger partial charge on any atom is -0.397 e. The number of hydrogen-bond acceptors (Lipinski definition) is 2. The van der Waals surface area contributed by atoms with Crippen molar-refractivity contribution in [1.82, 2.24) is 0 Å². The zero-order valence-corrected chi connectivity index (χ0v) is 15.7. The van der Waals surface area contributed by atoms with Crippen molar-refractivity contribution in [3.8, 4) is 0 Å². The topological polar surface area (TPSA) is 52.0 Å². The number of benzene rings is 2. The molecule has 0 unspecified atom stereocenters. The van der Waals surface area contributed by atoms with Crippen molar-refractivity contribution >= 4 is 34.6 Å². The average Bonchev–Trinajstić information content (AvgIpc) is 2.55. The maximum Gasteiger partial charge on any atom is 0.0670 e. The molecule has 0 aliphatic rings. The maximum absolute atomic E-state index is 6.41. The van der Waals surface area contributed by atoms with Gasteiger partial charge in [0.1, 0.15) is 0 Å². The molecular formula is C19H24Cl2N2. The van der Waals surface area contributed by atoms with Crippen LogP contribution in [0.2, 0.25) is 10.0 Å². The van der Waals surface area contributed by atoms with Crippen LogP contribution in [0.25, 0.3) is 0 Å². The summed E-state index contributed by atoms with van der Waals surface area (Å²) < 4.78 is 0. The number of halogens is 2. The molecule has 2 nitrogen and oxygen atoms in total. The van der Waals surface area contributed by atoms with E-state index in [2.05, 4.69) is 26.0 Å². The smallest absolute Gasteiger partial charge is 0.0670 e. The lowest BCUT2D eigenvalue weighted by atomic mass is 9.93. The van der Waals surface area contributed by atoms with E-state index in [1.165, 1.54) is 11.1 Å². The molecule has 0 atom stereocenters. The third-order valence-electron chi connectivity index (χ3n) is 4.63. The Hall–Kier alpha value is -1.38. The van der Waals surface area contributed by atoms with E-state index in [1.54, 1.807) is 0 Å². The van der Waals surface area contributed by atoms with Gasteiger partial charge in [0.05, 0.1) is 21.4 Å². The van der Waals surface area contributed by atoms with E-state index in [4.69, 9.17) is 34.7 Å². The van der Waals surface area contributed by atoms with Gasteiger partial charge in [-0.25, -0.2) is 0 Å². The molecule has 2 aromatic rings. The summed E-state index contributed by atoms with van der Waals surface area (Å²) >= 11 is 12.8. The lowest BCUT2D eigenvalue weighted by Gasteiger charge is -2.17. The van der Waals surface area contributed by atoms with Crippen LogP contribution < -0.4 is 11.5 Å². The Bertz CT molecular complexity index is 689. The Balaban J connectivity index is 2.56. The molecule has 0 saturated carbocycles. The third kappa shape index (κ3) is 3.29. The fourth-order valence-electron chi connectivity index (χ4n) is 2.99. The van der Waals surface area contributed by atoms with Crippen molar-refractivity contribution in [3.05, 3.63) is 55.6 Å². The maximum atomic E-state index is 6.41. The molecule has 23 heavy (non-hydrogen) atoms. The first-order valence-electron chi connectivity index (χ1n) is 7.94. The Morgan fingerprint density at radius 2 is 1.09 bits per heavy atom. The van der Waals surface area contributed by atoms with Crippen molar-refractivity contribution in [2.75, 3.05) is 11.5 Å². The number of nitrogens with two attached hydrogens (primary N) is 2. The van der Waals surface area contributed by atoms with Gasteiger partial charge in [-0.05, 0) is 60.1 Å². The predicted molar refractivity (Wildman–Crippen MR) is 103 cm³/mol. The first-order valence-corrected chi connectivity index (χ1v) is 8.69. The molecule has 0 heterocycles. The molecule has 2 rings (SSSR count). The van der Waals surface area contributed by atoms with Gasteiger partial charge >= 0.3 is 0 Å². The fourth-order valence-corrected chi connectivity index (χ4v) is 3.48. The highest BCUT2D eigenvalue weighted by atomic mass is 35.5. The highest BCUT2D eigenvalue weighted by molar-refractivity contribution is 6.34. The minimum atomic E-state index is 0.635. The van der Waals surface area contributed by atoms with Crippen LogP contribution in [-0.4, -0.2) is 0 Å². The molecule has 0 amide bonds. The van der Waals surface area contributed by atoms with E-state index >= 15 is 0 Å². The summed E-state index contributed by atoms with van der Waals surface area (Å²) in [5.74, 6) is 0. The number of rotatable bonds is 4. The van der Waals surface area contributed by atoms with Crippen LogP contribution in [0.4, 0.5) is 11.4 Å². The van der Waals surface area contributed by atoms with Crippen LogP contribution in [0.15, 0.2) is 12.1 Å². The van der Waals surface area contributed by atoms with Gasteiger partial charge in [0.2, 0.25) is 0 Å². The first-order chi connectivity index (χ1) is 10.8. The predicted octanol–water partition coefficient (Wildman–Crippen LogP) is 5.49. The average molecular weight is 351 g/mol. The second kappa shape index (κ2) is 7.02. The number of anilines is 2. The highest BCUT2D eigenvalue weighted by Crippen LogP contribution is 2.35. The van der Waals surface area contributed by atoms with Crippen molar-refractivity contribution in [2.24, 2.45) is 0 Å². The molecule has 0 aromatic heterocycles. The summed E-state index contributed by atoms with van der Waals surface area (Å²) in [7, 11) is 0. The van der Waals surface area contributed by atoms with E-state index in [9.17, 15) is 0 Å². The third-order valence-corrected chi connectivity index (χ3v) is 5.60. The molecule has 0 spiro atoms. The number of hydrogen-bond donors (Lipinski definition) is 2. The molecule has 2 aromatic carbocycles. The van der Waals surface area contributed by atoms with Crippen molar-refractivity contribution in [2.45, 2.75) is 47.0 Å². The molecule has 0 aliphatic carbocycles. The van der Waals surface area contributed by atoms with Crippen LogP contribution in [0.1, 0.15) is 47.2 Å². The molecule has 4 heteroatoms. The van der Waals surface area contributed by atoms with Crippen LogP contribution >= 0.6 is 23.2 Å². The SMILES string of the molecule is CCc1cc(Cc2cc(CC)c(C)c(Cl)c2N)c(N)c(Cl)c1C. The van der Waals surface area contributed by atoms with E-state index in [0.29, 0.717) is 27.8 Å². The number of nitrogen functional groups attached to an aromatic ring is 2. The van der Waals surface area contributed by atoms with Crippen LogP contribution in [0.5, 0.6) is 0 Å². The number of aryl methyl sites for hydroxylation is 2. The van der Waals surface area contributed by atoms with Gasteiger partial charge in [-0.3, -0.25) is 0 Å². The summed E-state index contributed by atoms with van der Waals surface area (Å²) in [4.78, 5) is 0. The molecule has 124 valence electrons. The molecule has 0 saturated heterocycles. The molecule has 0 fully saturated rings. The standard InChI is InChI=1S/C19H24Cl2N2/c1-5-12-7-14(18(22)16(20)10(12)3)9-15-8-13(6-2)11(4)17(21)19(15)23/h7-8H,5-6,9,22-23H2,1-4H3.